The lowest BCUT2D eigenvalue weighted by atomic mass is 10.2. The molecule has 0 aliphatic heterocycles. The van der Waals surface area contributed by atoms with Gasteiger partial charge in [-0.05, 0) is 24.6 Å². The second kappa shape index (κ2) is 6.28. The number of hydrogen-bond donors (Lipinski definition) is 1. The van der Waals surface area contributed by atoms with Gasteiger partial charge in [0.15, 0.2) is 0 Å². The Morgan fingerprint density at radius 2 is 1.93 bits per heavy atom. The van der Waals surface area contributed by atoms with Crippen molar-refractivity contribution in [1.29, 1.82) is 0 Å². The summed E-state index contributed by atoms with van der Waals surface area (Å²) in [5.74, 6) is 0. The number of allylic oxidation sites excluding steroid dienone is 4. The summed E-state index contributed by atoms with van der Waals surface area (Å²) < 4.78 is 0. The van der Waals surface area contributed by atoms with Crippen LogP contribution in [0.15, 0.2) is 59.5 Å². The third-order valence-electron chi connectivity index (χ3n) is 1.71. The van der Waals surface area contributed by atoms with Crippen LogP contribution in [-0.4, -0.2) is 0 Å². The highest BCUT2D eigenvalue weighted by Crippen LogP contribution is 2.07. The van der Waals surface area contributed by atoms with Gasteiger partial charge < -0.3 is 0 Å². The summed E-state index contributed by atoms with van der Waals surface area (Å²) in [6.07, 6.45) is 9.94. The van der Waals surface area contributed by atoms with Gasteiger partial charge in [0, 0.05) is 4.91 Å². The first kappa shape index (κ1) is 10.9. The molecule has 0 amide bonds. The Hall–Kier alpha value is -1.21. The molecule has 0 fully saturated rings. The summed E-state index contributed by atoms with van der Waals surface area (Å²) in [4.78, 5) is 0.951. The van der Waals surface area contributed by atoms with Gasteiger partial charge in [-0.3, -0.25) is 0 Å². The van der Waals surface area contributed by atoms with Crippen molar-refractivity contribution in [2.75, 3.05) is 0 Å². The second-order valence-corrected chi connectivity index (χ2v) is 3.38. The molecule has 0 saturated heterocycles. The monoisotopic (exact) mass is 202 g/mol. The number of rotatable bonds is 3. The molecule has 1 aromatic rings. The van der Waals surface area contributed by atoms with Crippen LogP contribution in [0.4, 0.5) is 0 Å². The van der Waals surface area contributed by atoms with Gasteiger partial charge in [0.2, 0.25) is 0 Å². The van der Waals surface area contributed by atoms with Crippen molar-refractivity contribution in [3.63, 3.8) is 0 Å². The third kappa shape index (κ3) is 4.15. The van der Waals surface area contributed by atoms with E-state index in [0.29, 0.717) is 0 Å². The van der Waals surface area contributed by atoms with E-state index in [1.807, 2.05) is 55.5 Å². The summed E-state index contributed by atoms with van der Waals surface area (Å²) in [6.45, 7) is 1.98. The lowest BCUT2D eigenvalue weighted by Crippen LogP contribution is -1.68. The van der Waals surface area contributed by atoms with Crippen molar-refractivity contribution in [1.82, 2.24) is 0 Å². The predicted octanol–water partition coefficient (Wildman–Crippen LogP) is 4.09. The van der Waals surface area contributed by atoms with Crippen molar-refractivity contribution in [2.45, 2.75) is 6.92 Å². The lowest BCUT2D eigenvalue weighted by Gasteiger charge is -1.91. The van der Waals surface area contributed by atoms with Crippen LogP contribution in [0.5, 0.6) is 0 Å². The zero-order chi connectivity index (χ0) is 10.2. The minimum Gasteiger partial charge on any atom is -0.143 e. The topological polar surface area (TPSA) is 0 Å². The zero-order valence-electron chi connectivity index (χ0n) is 8.22. The van der Waals surface area contributed by atoms with E-state index >= 15 is 0 Å². The maximum Gasteiger partial charge on any atom is 0.00400 e. The van der Waals surface area contributed by atoms with Crippen LogP contribution < -0.4 is 0 Å². The van der Waals surface area contributed by atoms with E-state index in [2.05, 4.69) is 24.8 Å². The Morgan fingerprint density at radius 1 is 1.21 bits per heavy atom. The van der Waals surface area contributed by atoms with Crippen LogP contribution >= 0.6 is 12.6 Å². The molecule has 1 aromatic carbocycles. The molecule has 0 aliphatic carbocycles. The Labute approximate surface area is 91.1 Å². The van der Waals surface area contributed by atoms with E-state index in [0.717, 1.165) is 4.91 Å². The quantitative estimate of drug-likeness (QED) is 0.554. The first-order valence-corrected chi connectivity index (χ1v) is 5.02. The molecule has 0 atom stereocenters. The van der Waals surface area contributed by atoms with Crippen LogP contribution in [0.2, 0.25) is 0 Å². The van der Waals surface area contributed by atoms with Crippen molar-refractivity contribution >= 4 is 18.7 Å². The van der Waals surface area contributed by atoms with Gasteiger partial charge in [0.25, 0.3) is 0 Å². The molecule has 0 aliphatic rings. The lowest BCUT2D eigenvalue weighted by molar-refractivity contribution is 1.66. The molecule has 0 unspecified atom stereocenters. The molecule has 14 heavy (non-hydrogen) atoms. The Morgan fingerprint density at radius 3 is 2.57 bits per heavy atom. The van der Waals surface area contributed by atoms with Crippen molar-refractivity contribution < 1.29 is 0 Å². The fraction of sp³-hybridized carbons (Fsp3) is 0.0769. The molecule has 0 saturated carbocycles. The van der Waals surface area contributed by atoms with Gasteiger partial charge in [0.1, 0.15) is 0 Å². The highest BCUT2D eigenvalue weighted by atomic mass is 32.1. The van der Waals surface area contributed by atoms with Crippen LogP contribution in [-0.2, 0) is 0 Å². The second-order valence-electron chi connectivity index (χ2n) is 2.86. The van der Waals surface area contributed by atoms with Gasteiger partial charge >= 0.3 is 0 Å². The van der Waals surface area contributed by atoms with Crippen molar-refractivity contribution in [2.24, 2.45) is 0 Å². The maximum absolute atomic E-state index is 4.32. The van der Waals surface area contributed by atoms with Crippen LogP contribution in [0, 0.1) is 0 Å². The van der Waals surface area contributed by atoms with E-state index in [9.17, 15) is 0 Å². The average molecular weight is 202 g/mol. The molecule has 1 heteroatoms. The highest BCUT2D eigenvalue weighted by molar-refractivity contribution is 7.84. The molecule has 0 aromatic heterocycles. The standard InChI is InChI=1S/C13H14S/c1-2-3-9-13(14)11-10-12-7-5-4-6-8-12/h2-11,14H,1H3/b3-2+,11-10+,13-9-. The number of hydrogen-bond acceptors (Lipinski definition) is 1. The van der Waals surface area contributed by atoms with Crippen LogP contribution in [0.1, 0.15) is 12.5 Å². The molecule has 0 nitrogen and oxygen atoms in total. The van der Waals surface area contributed by atoms with Crippen molar-refractivity contribution in [3.05, 3.63) is 65.1 Å². The summed E-state index contributed by atoms with van der Waals surface area (Å²) >= 11 is 4.32. The SMILES string of the molecule is C/C=C/C=C(S)/C=C/c1ccccc1. The molecule has 1 rings (SSSR count). The summed E-state index contributed by atoms with van der Waals surface area (Å²) in [7, 11) is 0. The maximum atomic E-state index is 4.32. The molecule has 0 spiro atoms. The minimum atomic E-state index is 0.951. The molecular formula is C13H14S. The minimum absolute atomic E-state index is 0.951. The van der Waals surface area contributed by atoms with Gasteiger partial charge in [-0.15, -0.1) is 12.6 Å². The fourth-order valence-electron chi connectivity index (χ4n) is 0.996. The zero-order valence-corrected chi connectivity index (χ0v) is 9.12. The summed E-state index contributed by atoms with van der Waals surface area (Å²) in [6, 6.07) is 10.2. The summed E-state index contributed by atoms with van der Waals surface area (Å²) in [5, 5.41) is 0. The van der Waals surface area contributed by atoms with E-state index in [4.69, 9.17) is 0 Å². The first-order valence-electron chi connectivity index (χ1n) is 4.58. The largest absolute Gasteiger partial charge is 0.143 e. The third-order valence-corrected chi connectivity index (χ3v) is 2.00. The molecule has 0 radical (unpaired) electrons. The molecule has 72 valence electrons. The van der Waals surface area contributed by atoms with Crippen molar-refractivity contribution in [3.8, 4) is 0 Å². The van der Waals surface area contributed by atoms with Crippen LogP contribution in [0.25, 0.3) is 6.08 Å². The first-order chi connectivity index (χ1) is 6.83. The Bertz CT molecular complexity index is 345. The van der Waals surface area contributed by atoms with Crippen LogP contribution in [0.3, 0.4) is 0 Å². The van der Waals surface area contributed by atoms with E-state index in [1.165, 1.54) is 5.56 Å². The van der Waals surface area contributed by atoms with E-state index in [1.54, 1.807) is 0 Å². The normalized spacial score (nSPS) is 12.9. The fourth-order valence-corrected chi connectivity index (χ4v) is 1.16. The molecule has 0 N–H and O–H groups in total. The Kier molecular flexibility index (Phi) is 4.87. The van der Waals surface area contributed by atoms with E-state index in [-0.39, 0.29) is 0 Å². The van der Waals surface area contributed by atoms with Gasteiger partial charge in [0.05, 0.1) is 0 Å². The molecule has 0 bridgehead atoms. The predicted molar refractivity (Wildman–Crippen MR) is 67.4 cm³/mol. The van der Waals surface area contributed by atoms with Gasteiger partial charge in [-0.2, -0.15) is 0 Å². The number of thiol groups is 1. The smallest absolute Gasteiger partial charge is 0.00400 e. The van der Waals surface area contributed by atoms with E-state index < -0.39 is 0 Å². The molecule has 0 heterocycles. The van der Waals surface area contributed by atoms with Gasteiger partial charge in [-0.1, -0.05) is 48.6 Å². The van der Waals surface area contributed by atoms with Gasteiger partial charge in [-0.25, -0.2) is 0 Å². The average Bonchev–Trinajstić information content (AvgIpc) is 2.25. The Balaban J connectivity index is 2.65. The highest BCUT2D eigenvalue weighted by Gasteiger charge is 1.83. The number of benzene rings is 1. The molecular weight excluding hydrogens is 188 g/mol. The summed E-state index contributed by atoms with van der Waals surface area (Å²) in [5.41, 5.74) is 1.19.